The number of rotatable bonds is 7. The molecule has 0 saturated carbocycles. The van der Waals surface area contributed by atoms with Gasteiger partial charge >= 0.3 is 6.03 Å². The van der Waals surface area contributed by atoms with Crippen LogP contribution >= 0.6 is 11.8 Å². The van der Waals surface area contributed by atoms with Crippen LogP contribution in [0.4, 0.5) is 10.5 Å². The van der Waals surface area contributed by atoms with Crippen LogP contribution in [-0.2, 0) is 11.3 Å². The molecule has 1 atom stereocenters. The Morgan fingerprint density at radius 3 is 2.57 bits per heavy atom. The first-order valence-corrected chi connectivity index (χ1v) is 10.3. The molecule has 0 bridgehead atoms. The van der Waals surface area contributed by atoms with Gasteiger partial charge in [-0.2, -0.15) is 0 Å². The number of hydrogen-bond donors (Lipinski definition) is 3. The van der Waals surface area contributed by atoms with E-state index in [0.29, 0.717) is 28.2 Å². The molecule has 3 amide bonds. The van der Waals surface area contributed by atoms with E-state index >= 15 is 0 Å². The monoisotopic (exact) mass is 426 g/mol. The summed E-state index contributed by atoms with van der Waals surface area (Å²) in [6.07, 6.45) is 0.382. The van der Waals surface area contributed by atoms with Crippen molar-refractivity contribution in [2.45, 2.75) is 30.3 Å². The molecule has 2 aromatic carbocycles. The van der Waals surface area contributed by atoms with E-state index in [4.69, 9.17) is 5.11 Å². The predicted molar refractivity (Wildman–Crippen MR) is 117 cm³/mol. The van der Waals surface area contributed by atoms with Crippen LogP contribution in [0.3, 0.4) is 0 Å². The van der Waals surface area contributed by atoms with E-state index in [-0.39, 0.29) is 18.7 Å². The van der Waals surface area contributed by atoms with E-state index in [9.17, 15) is 14.4 Å². The molecule has 1 heterocycles. The zero-order chi connectivity index (χ0) is 21.5. The van der Waals surface area contributed by atoms with Crippen molar-refractivity contribution >= 4 is 40.3 Å². The smallest absolute Gasteiger partial charge is 0.325 e. The van der Waals surface area contributed by atoms with Gasteiger partial charge in [0.05, 0.1) is 16.2 Å². The lowest BCUT2D eigenvalue weighted by molar-refractivity contribution is -0.119. The minimum absolute atomic E-state index is 0.0704. The molecule has 3 aromatic rings. The van der Waals surface area contributed by atoms with Crippen molar-refractivity contribution in [3.63, 3.8) is 0 Å². The van der Waals surface area contributed by atoms with Gasteiger partial charge in [-0.25, -0.2) is 9.78 Å². The highest BCUT2D eigenvalue weighted by Gasteiger charge is 2.21. The lowest BCUT2D eigenvalue weighted by atomic mass is 10.2. The van der Waals surface area contributed by atoms with E-state index in [1.54, 1.807) is 55.5 Å². The first-order chi connectivity index (χ1) is 14.5. The average molecular weight is 426 g/mol. The number of nitrogens with zero attached hydrogens (tertiary/aromatic N) is 2. The SMILES string of the molecule is CC(Sc1nc2ccccc2c(=O)n1CCCO)C(=O)NC(=O)Nc1ccccc1. The van der Waals surface area contributed by atoms with Gasteiger partial charge in [-0.3, -0.25) is 19.5 Å². The van der Waals surface area contributed by atoms with Gasteiger partial charge in [-0.05, 0) is 37.6 Å². The fourth-order valence-electron chi connectivity index (χ4n) is 2.77. The summed E-state index contributed by atoms with van der Waals surface area (Å²) < 4.78 is 1.46. The number of thioether (sulfide) groups is 1. The largest absolute Gasteiger partial charge is 0.396 e. The fraction of sp³-hybridized carbons (Fsp3) is 0.238. The van der Waals surface area contributed by atoms with Gasteiger partial charge in [0.25, 0.3) is 5.56 Å². The quantitative estimate of drug-likeness (QED) is 0.395. The number of aliphatic hydroxyl groups excluding tert-OH is 1. The second kappa shape index (κ2) is 10.0. The summed E-state index contributed by atoms with van der Waals surface area (Å²) in [7, 11) is 0. The van der Waals surface area contributed by atoms with Crippen LogP contribution in [0.2, 0.25) is 0 Å². The van der Waals surface area contributed by atoms with Gasteiger partial charge in [0, 0.05) is 18.8 Å². The summed E-state index contributed by atoms with van der Waals surface area (Å²) in [4.78, 5) is 41.9. The number of aromatic nitrogens is 2. The number of fused-ring (bicyclic) bond motifs is 1. The Morgan fingerprint density at radius 2 is 1.83 bits per heavy atom. The van der Waals surface area contributed by atoms with Crippen LogP contribution in [-0.4, -0.2) is 38.5 Å². The van der Waals surface area contributed by atoms with Crippen LogP contribution in [0.1, 0.15) is 13.3 Å². The number of carbonyl (C=O) groups excluding carboxylic acids is 2. The second-order valence-corrected chi connectivity index (χ2v) is 7.82. The molecule has 30 heavy (non-hydrogen) atoms. The van der Waals surface area contributed by atoms with E-state index in [2.05, 4.69) is 15.6 Å². The number of urea groups is 1. The molecular formula is C21H22N4O4S. The normalized spacial score (nSPS) is 11.8. The summed E-state index contributed by atoms with van der Waals surface area (Å²) in [5, 5.41) is 14.2. The minimum Gasteiger partial charge on any atom is -0.396 e. The van der Waals surface area contributed by atoms with Gasteiger partial charge in [0.15, 0.2) is 5.16 Å². The Balaban J connectivity index is 1.76. The predicted octanol–water partition coefficient (Wildman–Crippen LogP) is 2.61. The molecule has 0 fully saturated rings. The summed E-state index contributed by atoms with van der Waals surface area (Å²) in [5.41, 5.74) is 0.864. The molecule has 3 rings (SSSR count). The molecule has 0 radical (unpaired) electrons. The fourth-order valence-corrected chi connectivity index (χ4v) is 3.71. The van der Waals surface area contributed by atoms with Crippen LogP contribution in [0, 0.1) is 0 Å². The standard InChI is InChI=1S/C21H22N4O4S/c1-14(18(27)24-20(29)22-15-8-3-2-4-9-15)30-21-23-17-11-6-5-10-16(17)19(28)25(21)12-7-13-26/h2-6,8-11,14,26H,7,12-13H2,1H3,(H2,22,24,27,29). The van der Waals surface area contributed by atoms with Crippen molar-refractivity contribution < 1.29 is 14.7 Å². The molecular weight excluding hydrogens is 404 g/mol. The van der Waals surface area contributed by atoms with Gasteiger partial charge in [-0.1, -0.05) is 42.1 Å². The van der Waals surface area contributed by atoms with Crippen molar-refractivity contribution in [2.75, 3.05) is 11.9 Å². The summed E-state index contributed by atoms with van der Waals surface area (Å²) in [6, 6.07) is 15.1. The number of carbonyl (C=O) groups is 2. The first kappa shape index (κ1) is 21.5. The van der Waals surface area contributed by atoms with Crippen molar-refractivity contribution in [3.05, 3.63) is 65.0 Å². The third-order valence-corrected chi connectivity index (χ3v) is 5.38. The highest BCUT2D eigenvalue weighted by atomic mass is 32.2. The number of para-hydroxylation sites is 2. The molecule has 0 saturated heterocycles. The molecule has 0 spiro atoms. The van der Waals surface area contributed by atoms with Gasteiger partial charge in [-0.15, -0.1) is 0 Å². The molecule has 9 heteroatoms. The lowest BCUT2D eigenvalue weighted by Gasteiger charge is -2.16. The third-order valence-electron chi connectivity index (χ3n) is 4.29. The number of nitrogens with one attached hydrogen (secondary N) is 2. The Labute approximate surface area is 177 Å². The summed E-state index contributed by atoms with van der Waals surface area (Å²) >= 11 is 1.08. The maximum Gasteiger partial charge on any atom is 0.325 e. The molecule has 0 aliphatic heterocycles. The molecule has 0 aliphatic carbocycles. The van der Waals surface area contributed by atoms with Gasteiger partial charge < -0.3 is 10.4 Å². The van der Waals surface area contributed by atoms with E-state index < -0.39 is 17.2 Å². The number of benzene rings is 2. The van der Waals surface area contributed by atoms with Crippen molar-refractivity contribution in [2.24, 2.45) is 0 Å². The molecule has 1 unspecified atom stereocenters. The number of hydrogen-bond acceptors (Lipinski definition) is 6. The van der Waals surface area contributed by atoms with Crippen LogP contribution in [0.15, 0.2) is 64.5 Å². The molecule has 1 aromatic heterocycles. The number of imide groups is 1. The van der Waals surface area contributed by atoms with Gasteiger partial charge in [0.1, 0.15) is 0 Å². The average Bonchev–Trinajstić information content (AvgIpc) is 2.74. The second-order valence-electron chi connectivity index (χ2n) is 6.51. The molecule has 8 nitrogen and oxygen atoms in total. The zero-order valence-corrected chi connectivity index (χ0v) is 17.2. The number of amides is 3. The van der Waals surface area contributed by atoms with Gasteiger partial charge in [0.2, 0.25) is 5.91 Å². The summed E-state index contributed by atoms with van der Waals surface area (Å²) in [5.74, 6) is -0.510. The van der Waals surface area contributed by atoms with Crippen LogP contribution < -0.4 is 16.2 Å². The highest BCUT2D eigenvalue weighted by molar-refractivity contribution is 8.00. The maximum atomic E-state index is 12.9. The zero-order valence-electron chi connectivity index (χ0n) is 16.4. The van der Waals surface area contributed by atoms with E-state index in [1.807, 2.05) is 6.07 Å². The van der Waals surface area contributed by atoms with Crippen molar-refractivity contribution in [3.8, 4) is 0 Å². The lowest BCUT2D eigenvalue weighted by Crippen LogP contribution is -2.39. The van der Waals surface area contributed by atoms with Crippen LogP contribution in [0.5, 0.6) is 0 Å². The Morgan fingerprint density at radius 1 is 1.13 bits per heavy atom. The Bertz CT molecular complexity index is 1100. The number of anilines is 1. The summed E-state index contributed by atoms with van der Waals surface area (Å²) in [6.45, 7) is 1.84. The minimum atomic E-state index is -0.681. The Hall–Kier alpha value is -3.17. The maximum absolute atomic E-state index is 12.9. The van der Waals surface area contributed by atoms with Crippen LogP contribution in [0.25, 0.3) is 10.9 Å². The molecule has 156 valence electrons. The van der Waals surface area contributed by atoms with E-state index in [1.165, 1.54) is 4.57 Å². The van der Waals surface area contributed by atoms with E-state index in [0.717, 1.165) is 11.8 Å². The van der Waals surface area contributed by atoms with Crippen molar-refractivity contribution in [1.82, 2.24) is 14.9 Å². The third kappa shape index (κ3) is 5.25. The highest BCUT2D eigenvalue weighted by Crippen LogP contribution is 2.23. The molecule has 3 N–H and O–H groups in total. The van der Waals surface area contributed by atoms with Crippen molar-refractivity contribution in [1.29, 1.82) is 0 Å². The topological polar surface area (TPSA) is 113 Å². The molecule has 0 aliphatic rings. The number of aliphatic hydroxyl groups is 1. The Kier molecular flexibility index (Phi) is 7.21. The first-order valence-electron chi connectivity index (χ1n) is 9.43.